The normalized spacial score (nSPS) is 12.5. The molecular formula is C31H31N7O4S. The Kier molecular flexibility index (Phi) is 8.30. The Morgan fingerprint density at radius 1 is 0.814 bits per heavy atom. The van der Waals surface area contributed by atoms with Crippen LogP contribution in [0, 0.1) is 0 Å². The highest BCUT2D eigenvalue weighted by atomic mass is 32.2. The molecule has 0 saturated carbocycles. The van der Waals surface area contributed by atoms with E-state index < -0.39 is 10.0 Å². The molecule has 0 spiro atoms. The zero-order valence-electron chi connectivity index (χ0n) is 23.4. The minimum absolute atomic E-state index is 0.0328. The number of aryl methyl sites for hydroxylation is 3. The van der Waals surface area contributed by atoms with Gasteiger partial charge in [0.2, 0.25) is 0 Å². The lowest BCUT2D eigenvalue weighted by Gasteiger charge is -2.25. The van der Waals surface area contributed by atoms with Crippen LogP contribution < -0.4 is 15.8 Å². The predicted octanol–water partition coefficient (Wildman–Crippen LogP) is 3.94. The van der Waals surface area contributed by atoms with E-state index in [4.69, 9.17) is 26.9 Å². The second-order valence-electron chi connectivity index (χ2n) is 9.95. The quantitative estimate of drug-likeness (QED) is 0.0817. The van der Waals surface area contributed by atoms with E-state index in [-0.39, 0.29) is 23.1 Å². The highest BCUT2D eigenvalue weighted by Crippen LogP contribution is 2.29. The standard InChI is InChI=1S/C31H31N7O4S/c1-37-28-17-16-25(19-27(28)34-29(37)18-11-21-7-12-23(13-8-21)30(32)35-39)38(43(41,42)26-5-3-2-4-6-26)20-22-9-14-24(15-10-22)31(33)36-40/h2-10,12-17,19,39-40H,11,18,20H2,1H3,(H2,32,35)(H2,33,36). The molecule has 0 fully saturated rings. The zero-order chi connectivity index (χ0) is 30.6. The highest BCUT2D eigenvalue weighted by molar-refractivity contribution is 7.92. The van der Waals surface area contributed by atoms with Gasteiger partial charge in [0, 0.05) is 24.6 Å². The topological polar surface area (TPSA) is 172 Å². The molecule has 0 atom stereocenters. The molecule has 1 heterocycles. The summed E-state index contributed by atoms with van der Waals surface area (Å²) in [5.74, 6) is 0.873. The van der Waals surface area contributed by atoms with Crippen molar-refractivity contribution in [1.82, 2.24) is 9.55 Å². The van der Waals surface area contributed by atoms with Crippen LogP contribution in [0.3, 0.4) is 0 Å². The maximum absolute atomic E-state index is 13.9. The van der Waals surface area contributed by atoms with Gasteiger partial charge in [0.1, 0.15) is 5.82 Å². The summed E-state index contributed by atoms with van der Waals surface area (Å²) >= 11 is 0. The van der Waals surface area contributed by atoms with Crippen molar-refractivity contribution in [2.75, 3.05) is 4.31 Å². The van der Waals surface area contributed by atoms with Gasteiger partial charge in [-0.2, -0.15) is 0 Å². The highest BCUT2D eigenvalue weighted by Gasteiger charge is 2.26. The summed E-state index contributed by atoms with van der Waals surface area (Å²) in [6.45, 7) is 0.0559. The summed E-state index contributed by atoms with van der Waals surface area (Å²) in [5.41, 5.74) is 16.3. The van der Waals surface area contributed by atoms with Crippen molar-refractivity contribution in [3.8, 4) is 0 Å². The molecule has 12 heteroatoms. The van der Waals surface area contributed by atoms with E-state index in [1.807, 2.05) is 29.8 Å². The lowest BCUT2D eigenvalue weighted by Crippen LogP contribution is -2.30. The van der Waals surface area contributed by atoms with E-state index >= 15 is 0 Å². The SMILES string of the molecule is Cn1c(CCc2ccc(C(N)=NO)cc2)nc2cc(N(Cc3ccc(C(N)=NO)cc3)S(=O)(=O)c3ccccc3)ccc21. The summed E-state index contributed by atoms with van der Waals surface area (Å²) in [5, 5.41) is 23.9. The molecule has 5 rings (SSSR count). The molecule has 0 aliphatic carbocycles. The van der Waals surface area contributed by atoms with Crippen LogP contribution >= 0.6 is 0 Å². The average Bonchev–Trinajstić information content (AvgIpc) is 3.36. The number of nitrogens with zero attached hydrogens (tertiary/aromatic N) is 5. The second-order valence-corrected chi connectivity index (χ2v) is 11.8. The smallest absolute Gasteiger partial charge is 0.264 e. The molecule has 0 radical (unpaired) electrons. The third-order valence-corrected chi connectivity index (χ3v) is 9.04. The Labute approximate surface area is 249 Å². The van der Waals surface area contributed by atoms with Gasteiger partial charge < -0.3 is 26.4 Å². The molecule has 6 N–H and O–H groups in total. The maximum Gasteiger partial charge on any atom is 0.264 e. The van der Waals surface area contributed by atoms with E-state index in [1.54, 1.807) is 78.9 Å². The number of hydrogen-bond donors (Lipinski definition) is 4. The van der Waals surface area contributed by atoms with E-state index in [0.29, 0.717) is 34.3 Å². The number of benzene rings is 4. The van der Waals surface area contributed by atoms with Crippen molar-refractivity contribution in [2.45, 2.75) is 24.3 Å². The van der Waals surface area contributed by atoms with Crippen molar-refractivity contribution >= 4 is 38.4 Å². The maximum atomic E-state index is 13.9. The van der Waals surface area contributed by atoms with Crippen LogP contribution in [0.4, 0.5) is 5.69 Å². The summed E-state index contributed by atoms with van der Waals surface area (Å²) in [4.78, 5) is 5.02. The fourth-order valence-electron chi connectivity index (χ4n) is 4.81. The first-order valence-corrected chi connectivity index (χ1v) is 14.8. The van der Waals surface area contributed by atoms with Gasteiger partial charge in [-0.3, -0.25) is 4.31 Å². The molecule has 11 nitrogen and oxygen atoms in total. The van der Waals surface area contributed by atoms with Crippen molar-refractivity contribution in [1.29, 1.82) is 0 Å². The minimum Gasteiger partial charge on any atom is -0.409 e. The van der Waals surface area contributed by atoms with Gasteiger partial charge in [-0.25, -0.2) is 13.4 Å². The van der Waals surface area contributed by atoms with Crippen LogP contribution in [0.25, 0.3) is 11.0 Å². The molecule has 0 amide bonds. The van der Waals surface area contributed by atoms with Crippen LogP contribution in [0.2, 0.25) is 0 Å². The summed E-state index contributed by atoms with van der Waals surface area (Å²) in [6.07, 6.45) is 1.37. The largest absolute Gasteiger partial charge is 0.409 e. The van der Waals surface area contributed by atoms with Gasteiger partial charge in [-0.05, 0) is 47.9 Å². The molecule has 4 aromatic carbocycles. The van der Waals surface area contributed by atoms with E-state index in [9.17, 15) is 8.42 Å². The van der Waals surface area contributed by atoms with Crippen LogP contribution in [-0.4, -0.2) is 40.1 Å². The summed E-state index contributed by atoms with van der Waals surface area (Å²) in [6, 6.07) is 28.0. The minimum atomic E-state index is -3.94. The van der Waals surface area contributed by atoms with E-state index in [1.165, 1.54) is 4.31 Å². The Morgan fingerprint density at radius 3 is 1.98 bits per heavy atom. The number of oxime groups is 2. The van der Waals surface area contributed by atoms with Gasteiger partial charge in [0.15, 0.2) is 11.7 Å². The van der Waals surface area contributed by atoms with Gasteiger partial charge in [0.25, 0.3) is 10.0 Å². The summed E-state index contributed by atoms with van der Waals surface area (Å²) < 4.78 is 31.2. The Bertz CT molecular complexity index is 1900. The van der Waals surface area contributed by atoms with Crippen molar-refractivity contribution in [2.24, 2.45) is 28.8 Å². The number of aromatic nitrogens is 2. The van der Waals surface area contributed by atoms with Crippen molar-refractivity contribution < 1.29 is 18.8 Å². The van der Waals surface area contributed by atoms with E-state index in [0.717, 1.165) is 23.3 Å². The van der Waals surface area contributed by atoms with Crippen molar-refractivity contribution in [3.05, 3.63) is 125 Å². The molecule has 5 aromatic rings. The predicted molar refractivity (Wildman–Crippen MR) is 166 cm³/mol. The zero-order valence-corrected chi connectivity index (χ0v) is 24.2. The van der Waals surface area contributed by atoms with Crippen LogP contribution in [-0.2, 0) is 36.5 Å². The number of nitrogens with two attached hydrogens (primary N) is 2. The molecular weight excluding hydrogens is 566 g/mol. The van der Waals surface area contributed by atoms with Gasteiger partial charge >= 0.3 is 0 Å². The number of fused-ring (bicyclic) bond motifs is 1. The first-order chi connectivity index (χ1) is 20.7. The molecule has 0 aliphatic rings. The molecule has 220 valence electrons. The molecule has 0 bridgehead atoms. The van der Waals surface area contributed by atoms with Gasteiger partial charge in [-0.1, -0.05) is 77.0 Å². The monoisotopic (exact) mass is 597 g/mol. The van der Waals surface area contributed by atoms with Crippen LogP contribution in [0.5, 0.6) is 0 Å². The van der Waals surface area contributed by atoms with Crippen LogP contribution in [0.1, 0.15) is 28.1 Å². The molecule has 0 aliphatic heterocycles. The number of imidazole rings is 1. The van der Waals surface area contributed by atoms with Gasteiger partial charge in [0.05, 0.1) is 28.2 Å². The number of hydrogen-bond acceptors (Lipinski definition) is 7. The Morgan fingerprint density at radius 2 is 1.40 bits per heavy atom. The molecule has 0 unspecified atom stereocenters. The third-order valence-electron chi connectivity index (χ3n) is 7.25. The fourth-order valence-corrected chi connectivity index (χ4v) is 6.28. The average molecular weight is 598 g/mol. The first kappa shape index (κ1) is 29.1. The Hall–Kier alpha value is -5.36. The third kappa shape index (κ3) is 6.14. The number of anilines is 1. The lowest BCUT2D eigenvalue weighted by molar-refractivity contribution is 0.318. The fraction of sp³-hybridized carbons (Fsp3) is 0.129. The van der Waals surface area contributed by atoms with Crippen molar-refractivity contribution in [3.63, 3.8) is 0 Å². The molecule has 43 heavy (non-hydrogen) atoms. The van der Waals surface area contributed by atoms with Gasteiger partial charge in [-0.15, -0.1) is 0 Å². The number of rotatable bonds is 10. The summed E-state index contributed by atoms with van der Waals surface area (Å²) in [7, 11) is -2.00. The number of sulfonamides is 1. The number of amidine groups is 2. The first-order valence-electron chi connectivity index (χ1n) is 13.4. The molecule has 1 aromatic heterocycles. The lowest BCUT2D eigenvalue weighted by atomic mass is 10.1. The molecule has 0 saturated heterocycles. The van der Waals surface area contributed by atoms with Crippen LogP contribution in [0.15, 0.2) is 112 Å². The Balaban J connectivity index is 1.46. The van der Waals surface area contributed by atoms with E-state index in [2.05, 4.69) is 10.3 Å². The second kappa shape index (κ2) is 12.2.